The van der Waals surface area contributed by atoms with E-state index in [-0.39, 0.29) is 18.7 Å². The van der Waals surface area contributed by atoms with Crippen molar-refractivity contribution in [1.82, 2.24) is 5.32 Å². The molecule has 0 aliphatic carbocycles. The number of anilines is 1. The second-order valence-electron chi connectivity index (χ2n) is 4.70. The van der Waals surface area contributed by atoms with Crippen molar-refractivity contribution in [2.24, 2.45) is 5.73 Å². The van der Waals surface area contributed by atoms with E-state index in [1.807, 2.05) is 0 Å². The molecule has 1 saturated heterocycles. The minimum Gasteiger partial charge on any atom is -0.343 e. The highest BCUT2D eigenvalue weighted by atomic mass is 19.1. The van der Waals surface area contributed by atoms with Crippen molar-refractivity contribution in [1.29, 1.82) is 0 Å². The molecule has 1 aliphatic rings. The maximum Gasteiger partial charge on any atom is 0.249 e. The molecule has 0 aromatic heterocycles. The predicted octanol–water partition coefficient (Wildman–Crippen LogP) is 0.533. The molecule has 7 heteroatoms. The predicted molar refractivity (Wildman–Crippen MR) is 68.9 cm³/mol. The fraction of sp³-hybridized carbons (Fsp3) is 0.385. The van der Waals surface area contributed by atoms with Gasteiger partial charge in [-0.3, -0.25) is 9.59 Å². The molecule has 0 radical (unpaired) electrons. The summed E-state index contributed by atoms with van der Waals surface area (Å²) in [5, 5.41) is 2.47. The topological polar surface area (TPSA) is 75.4 Å². The molecule has 5 nitrogen and oxygen atoms in total. The van der Waals surface area contributed by atoms with Crippen molar-refractivity contribution in [2.75, 3.05) is 11.4 Å². The highest BCUT2D eigenvalue weighted by Crippen LogP contribution is 2.27. The molecule has 1 aromatic carbocycles. The molecule has 1 heterocycles. The second-order valence-corrected chi connectivity index (χ2v) is 4.70. The summed E-state index contributed by atoms with van der Waals surface area (Å²) in [5.41, 5.74) is 5.02. The van der Waals surface area contributed by atoms with E-state index in [0.29, 0.717) is 0 Å². The van der Waals surface area contributed by atoms with Crippen LogP contribution in [0.5, 0.6) is 0 Å². The highest BCUT2D eigenvalue weighted by Gasteiger charge is 2.36. The average molecular weight is 283 g/mol. The molecule has 1 aromatic rings. The van der Waals surface area contributed by atoms with Gasteiger partial charge in [0.1, 0.15) is 23.4 Å². The van der Waals surface area contributed by atoms with Crippen LogP contribution in [0.25, 0.3) is 0 Å². The van der Waals surface area contributed by atoms with E-state index in [0.717, 1.165) is 17.0 Å². The number of para-hydroxylation sites is 1. The van der Waals surface area contributed by atoms with Crippen molar-refractivity contribution in [2.45, 2.75) is 25.4 Å². The first-order valence-electron chi connectivity index (χ1n) is 6.23. The summed E-state index contributed by atoms with van der Waals surface area (Å²) in [4.78, 5) is 24.6. The molecule has 2 rings (SSSR count). The fourth-order valence-corrected chi connectivity index (χ4v) is 2.09. The monoisotopic (exact) mass is 283 g/mol. The first-order chi connectivity index (χ1) is 9.41. The molecule has 0 bridgehead atoms. The molecule has 2 atom stereocenters. The second kappa shape index (κ2) is 5.54. The van der Waals surface area contributed by atoms with Gasteiger partial charge in [0.25, 0.3) is 0 Å². The number of nitrogens with one attached hydrogen (secondary N) is 1. The molecule has 3 N–H and O–H groups in total. The number of nitrogens with two attached hydrogens (primary N) is 1. The Balaban J connectivity index is 2.18. The smallest absolute Gasteiger partial charge is 0.249 e. The van der Waals surface area contributed by atoms with Crippen LogP contribution in [0.4, 0.5) is 14.5 Å². The zero-order valence-corrected chi connectivity index (χ0v) is 10.9. The maximum absolute atomic E-state index is 13.7. The molecular weight excluding hydrogens is 268 g/mol. The standard InChI is InChI=1S/C13H15F2N3O2/c1-7(16)12(19)17-10-5-6-18(13(10)20)11-8(14)3-2-4-9(11)15/h2-4,7,10H,5-6,16H2,1H3,(H,17,19)/t7-,10?/m0/s1. The highest BCUT2D eigenvalue weighted by molar-refractivity contribution is 6.01. The largest absolute Gasteiger partial charge is 0.343 e. The third-order valence-electron chi connectivity index (χ3n) is 3.14. The van der Waals surface area contributed by atoms with Crippen LogP contribution >= 0.6 is 0 Å². The van der Waals surface area contributed by atoms with Gasteiger partial charge in [0.2, 0.25) is 11.8 Å². The molecule has 1 aliphatic heterocycles. The lowest BCUT2D eigenvalue weighted by Crippen LogP contribution is -2.47. The van der Waals surface area contributed by atoms with Gasteiger partial charge in [-0.25, -0.2) is 8.78 Å². The van der Waals surface area contributed by atoms with E-state index in [1.165, 1.54) is 13.0 Å². The summed E-state index contributed by atoms with van der Waals surface area (Å²) in [6.45, 7) is 1.63. The van der Waals surface area contributed by atoms with E-state index in [4.69, 9.17) is 5.73 Å². The SMILES string of the molecule is C[C@H](N)C(=O)NC1CCN(c2c(F)cccc2F)C1=O. The van der Waals surface area contributed by atoms with Gasteiger partial charge in [-0.1, -0.05) is 6.07 Å². The van der Waals surface area contributed by atoms with Gasteiger partial charge in [0.15, 0.2) is 0 Å². The van der Waals surface area contributed by atoms with Crippen molar-refractivity contribution >= 4 is 17.5 Å². The number of amides is 2. The van der Waals surface area contributed by atoms with Gasteiger partial charge in [-0.05, 0) is 25.5 Å². The van der Waals surface area contributed by atoms with Gasteiger partial charge in [0, 0.05) is 6.54 Å². The Hall–Kier alpha value is -2.02. The number of carbonyl (C=O) groups excluding carboxylic acids is 2. The van der Waals surface area contributed by atoms with Crippen molar-refractivity contribution in [3.05, 3.63) is 29.8 Å². The summed E-state index contributed by atoms with van der Waals surface area (Å²) >= 11 is 0. The van der Waals surface area contributed by atoms with Crippen molar-refractivity contribution < 1.29 is 18.4 Å². The van der Waals surface area contributed by atoms with Crippen molar-refractivity contribution in [3.8, 4) is 0 Å². The van der Waals surface area contributed by atoms with Crippen LogP contribution in [-0.4, -0.2) is 30.4 Å². The Kier molecular flexibility index (Phi) is 3.99. The summed E-state index contributed by atoms with van der Waals surface area (Å²) in [7, 11) is 0. The quantitative estimate of drug-likeness (QED) is 0.850. The minimum atomic E-state index is -0.808. The zero-order valence-electron chi connectivity index (χ0n) is 10.9. The molecule has 108 valence electrons. The van der Waals surface area contributed by atoms with Gasteiger partial charge in [-0.15, -0.1) is 0 Å². The first-order valence-corrected chi connectivity index (χ1v) is 6.23. The molecule has 20 heavy (non-hydrogen) atoms. The summed E-state index contributed by atoms with van der Waals surface area (Å²) in [6.07, 6.45) is 0.283. The minimum absolute atomic E-state index is 0.139. The van der Waals surface area contributed by atoms with Crippen LogP contribution < -0.4 is 16.0 Å². The summed E-state index contributed by atoms with van der Waals surface area (Å²) in [6, 6.07) is 1.85. The zero-order chi connectivity index (χ0) is 14.9. The molecule has 1 unspecified atom stereocenters. The maximum atomic E-state index is 13.7. The molecule has 1 fully saturated rings. The van der Waals surface area contributed by atoms with Gasteiger partial charge < -0.3 is 16.0 Å². The third-order valence-corrected chi connectivity index (χ3v) is 3.14. The van der Waals surface area contributed by atoms with Crippen LogP contribution in [-0.2, 0) is 9.59 Å². The first kappa shape index (κ1) is 14.4. The van der Waals surface area contributed by atoms with Crippen LogP contribution in [0, 0.1) is 11.6 Å². The van der Waals surface area contributed by atoms with Crippen LogP contribution in [0.3, 0.4) is 0 Å². The van der Waals surface area contributed by atoms with Crippen LogP contribution in [0.2, 0.25) is 0 Å². The number of hydrogen-bond acceptors (Lipinski definition) is 3. The summed E-state index contributed by atoms with van der Waals surface area (Å²) < 4.78 is 27.3. The van der Waals surface area contributed by atoms with E-state index < -0.39 is 35.5 Å². The van der Waals surface area contributed by atoms with E-state index in [9.17, 15) is 18.4 Å². The lowest BCUT2D eigenvalue weighted by Gasteiger charge is -2.18. The van der Waals surface area contributed by atoms with E-state index in [2.05, 4.69) is 5.32 Å². The Bertz CT molecular complexity index is 528. The molecule has 0 saturated carbocycles. The lowest BCUT2D eigenvalue weighted by molar-refractivity contribution is -0.127. The van der Waals surface area contributed by atoms with E-state index >= 15 is 0 Å². The fourth-order valence-electron chi connectivity index (χ4n) is 2.09. The van der Waals surface area contributed by atoms with Crippen molar-refractivity contribution in [3.63, 3.8) is 0 Å². The van der Waals surface area contributed by atoms with Crippen LogP contribution in [0.1, 0.15) is 13.3 Å². The number of rotatable bonds is 3. The molecule has 0 spiro atoms. The normalized spacial score (nSPS) is 20.1. The lowest BCUT2D eigenvalue weighted by atomic mass is 10.2. The number of hydrogen-bond donors (Lipinski definition) is 2. The number of carbonyl (C=O) groups is 2. The number of halogens is 2. The number of benzene rings is 1. The Labute approximate surface area is 114 Å². The van der Waals surface area contributed by atoms with Gasteiger partial charge >= 0.3 is 0 Å². The molecular formula is C13H15F2N3O2. The van der Waals surface area contributed by atoms with Gasteiger partial charge in [-0.2, -0.15) is 0 Å². The summed E-state index contributed by atoms with van der Waals surface area (Å²) in [5.74, 6) is -2.63. The Morgan fingerprint density at radius 2 is 2.05 bits per heavy atom. The number of nitrogens with zero attached hydrogens (tertiary/aromatic N) is 1. The Morgan fingerprint density at radius 3 is 2.60 bits per heavy atom. The Morgan fingerprint density at radius 1 is 1.45 bits per heavy atom. The average Bonchev–Trinajstić information content (AvgIpc) is 2.71. The van der Waals surface area contributed by atoms with E-state index in [1.54, 1.807) is 0 Å². The van der Waals surface area contributed by atoms with Gasteiger partial charge in [0.05, 0.1) is 6.04 Å². The van der Waals surface area contributed by atoms with Crippen LogP contribution in [0.15, 0.2) is 18.2 Å². The third kappa shape index (κ3) is 2.62. The molecule has 2 amide bonds.